The molecule has 19 heavy (non-hydrogen) atoms. The molecule has 3 N–H and O–H groups in total. The number of alkyl halides is 3. The molecule has 0 radical (unpaired) electrons. The molecule has 0 aromatic heterocycles. The maximum absolute atomic E-state index is 12.4. The summed E-state index contributed by atoms with van der Waals surface area (Å²) < 4.78 is 42.7. The first kappa shape index (κ1) is 14.0. The molecule has 0 unspecified atom stereocenters. The van der Waals surface area contributed by atoms with Gasteiger partial charge in [0.05, 0.1) is 23.5 Å². The minimum absolute atomic E-state index is 0.0945. The average molecular weight is 274 g/mol. The van der Waals surface area contributed by atoms with Crippen LogP contribution in [0.3, 0.4) is 0 Å². The maximum atomic E-state index is 12.4. The number of anilines is 2. The van der Waals surface area contributed by atoms with Gasteiger partial charge >= 0.3 is 6.18 Å². The van der Waals surface area contributed by atoms with E-state index in [9.17, 15) is 13.2 Å². The van der Waals surface area contributed by atoms with Gasteiger partial charge in [-0.2, -0.15) is 13.2 Å². The number of rotatable bonds is 6. The van der Waals surface area contributed by atoms with Gasteiger partial charge in [0.2, 0.25) is 0 Å². The van der Waals surface area contributed by atoms with Crippen molar-refractivity contribution in [2.45, 2.75) is 19.0 Å². The summed E-state index contributed by atoms with van der Waals surface area (Å²) in [6, 6.07) is 3.30. The zero-order valence-corrected chi connectivity index (χ0v) is 10.5. The molecular formula is C13H17F3N2O. The first-order valence-electron chi connectivity index (χ1n) is 6.25. The summed E-state index contributed by atoms with van der Waals surface area (Å²) in [6.07, 6.45) is -1.89. The fourth-order valence-electron chi connectivity index (χ4n) is 1.69. The lowest BCUT2D eigenvalue weighted by atomic mass is 10.1. The number of hydrogen-bond donors (Lipinski definition) is 2. The Morgan fingerprint density at radius 2 is 2.05 bits per heavy atom. The smallest absolute Gasteiger partial charge is 0.397 e. The third kappa shape index (κ3) is 4.31. The number of hydrogen-bond acceptors (Lipinski definition) is 3. The van der Waals surface area contributed by atoms with E-state index in [0.717, 1.165) is 18.7 Å². The fourth-order valence-corrected chi connectivity index (χ4v) is 1.69. The van der Waals surface area contributed by atoms with E-state index < -0.39 is 11.7 Å². The highest BCUT2D eigenvalue weighted by atomic mass is 19.4. The lowest BCUT2D eigenvalue weighted by molar-refractivity contribution is -0.137. The van der Waals surface area contributed by atoms with Gasteiger partial charge in [0, 0.05) is 13.2 Å². The Bertz CT molecular complexity index is 430. The molecule has 3 nitrogen and oxygen atoms in total. The van der Waals surface area contributed by atoms with Gasteiger partial charge in [0.15, 0.2) is 0 Å². The van der Waals surface area contributed by atoms with Crippen molar-refractivity contribution in [3.05, 3.63) is 23.8 Å². The van der Waals surface area contributed by atoms with Crippen LogP contribution in [0.5, 0.6) is 0 Å². The summed E-state index contributed by atoms with van der Waals surface area (Å²) >= 11 is 0. The highest BCUT2D eigenvalue weighted by molar-refractivity contribution is 5.67. The summed E-state index contributed by atoms with van der Waals surface area (Å²) in [5, 5.41) is 2.97. The van der Waals surface area contributed by atoms with Crippen molar-refractivity contribution in [3.63, 3.8) is 0 Å². The molecule has 0 heterocycles. The number of ether oxygens (including phenoxy) is 1. The van der Waals surface area contributed by atoms with Gasteiger partial charge in [-0.1, -0.05) is 0 Å². The highest BCUT2D eigenvalue weighted by Gasteiger charge is 2.30. The van der Waals surface area contributed by atoms with Crippen molar-refractivity contribution in [3.8, 4) is 0 Å². The Morgan fingerprint density at radius 3 is 2.63 bits per heavy atom. The van der Waals surface area contributed by atoms with Crippen molar-refractivity contribution in [1.29, 1.82) is 0 Å². The van der Waals surface area contributed by atoms with Gasteiger partial charge in [0.25, 0.3) is 0 Å². The molecule has 106 valence electrons. The zero-order chi connectivity index (χ0) is 13.9. The van der Waals surface area contributed by atoms with Crippen molar-refractivity contribution in [1.82, 2.24) is 0 Å². The molecule has 1 aromatic rings. The Labute approximate surface area is 109 Å². The number of halogens is 3. The first-order chi connectivity index (χ1) is 8.97. The van der Waals surface area contributed by atoms with E-state index in [-0.39, 0.29) is 5.69 Å². The van der Waals surface area contributed by atoms with E-state index in [4.69, 9.17) is 10.5 Å². The van der Waals surface area contributed by atoms with Crippen LogP contribution < -0.4 is 11.1 Å². The van der Waals surface area contributed by atoms with Crippen LogP contribution >= 0.6 is 0 Å². The normalized spacial score (nSPS) is 15.5. The average Bonchev–Trinajstić information content (AvgIpc) is 3.13. The predicted octanol–water partition coefficient (Wildman–Crippen LogP) is 3.13. The van der Waals surface area contributed by atoms with Crippen LogP contribution in [-0.2, 0) is 10.9 Å². The van der Waals surface area contributed by atoms with E-state index in [1.165, 1.54) is 18.9 Å². The SMILES string of the molecule is Nc1cc(C(F)(F)F)ccc1NCCOCC1CC1. The lowest BCUT2D eigenvalue weighted by Crippen LogP contribution is -2.12. The molecule has 0 spiro atoms. The van der Waals surface area contributed by atoms with Gasteiger partial charge in [-0.05, 0) is 37.0 Å². The molecule has 0 amide bonds. The first-order valence-corrected chi connectivity index (χ1v) is 6.25. The van der Waals surface area contributed by atoms with Crippen molar-refractivity contribution in [2.75, 3.05) is 30.8 Å². The summed E-state index contributed by atoms with van der Waals surface area (Å²) in [6.45, 7) is 1.82. The van der Waals surface area contributed by atoms with Gasteiger partial charge in [-0.3, -0.25) is 0 Å². The summed E-state index contributed by atoms with van der Waals surface area (Å²) in [5.41, 5.74) is 5.45. The molecule has 1 aliphatic rings. The molecule has 1 aromatic carbocycles. The topological polar surface area (TPSA) is 47.3 Å². The number of nitrogen functional groups attached to an aromatic ring is 1. The fraction of sp³-hybridized carbons (Fsp3) is 0.538. The van der Waals surface area contributed by atoms with Crippen LogP contribution in [0.1, 0.15) is 18.4 Å². The van der Waals surface area contributed by atoms with Gasteiger partial charge in [-0.25, -0.2) is 0 Å². The molecule has 6 heteroatoms. The molecule has 0 saturated heterocycles. The summed E-state index contributed by atoms with van der Waals surface area (Å²) in [7, 11) is 0. The Morgan fingerprint density at radius 1 is 1.32 bits per heavy atom. The van der Waals surface area contributed by atoms with Crippen LogP contribution in [0.4, 0.5) is 24.5 Å². The second kappa shape index (κ2) is 5.69. The highest BCUT2D eigenvalue weighted by Crippen LogP contribution is 2.32. The monoisotopic (exact) mass is 274 g/mol. The molecule has 1 saturated carbocycles. The van der Waals surface area contributed by atoms with E-state index in [0.29, 0.717) is 24.8 Å². The Kier molecular flexibility index (Phi) is 4.19. The third-order valence-electron chi connectivity index (χ3n) is 2.99. The second-order valence-corrected chi connectivity index (χ2v) is 4.74. The van der Waals surface area contributed by atoms with Crippen molar-refractivity contribution >= 4 is 11.4 Å². The van der Waals surface area contributed by atoms with Crippen LogP contribution in [0.15, 0.2) is 18.2 Å². The minimum Gasteiger partial charge on any atom is -0.397 e. The molecular weight excluding hydrogens is 257 g/mol. The predicted molar refractivity (Wildman–Crippen MR) is 67.9 cm³/mol. The van der Waals surface area contributed by atoms with E-state index in [1.807, 2.05) is 0 Å². The van der Waals surface area contributed by atoms with E-state index >= 15 is 0 Å². The number of benzene rings is 1. The molecule has 0 atom stereocenters. The van der Waals surface area contributed by atoms with Crippen molar-refractivity contribution < 1.29 is 17.9 Å². The third-order valence-corrected chi connectivity index (χ3v) is 2.99. The minimum atomic E-state index is -4.36. The van der Waals surface area contributed by atoms with Crippen molar-refractivity contribution in [2.24, 2.45) is 5.92 Å². The maximum Gasteiger partial charge on any atom is 0.416 e. The van der Waals surface area contributed by atoms with Crippen LogP contribution in [0, 0.1) is 5.92 Å². The van der Waals surface area contributed by atoms with E-state index in [1.54, 1.807) is 0 Å². The largest absolute Gasteiger partial charge is 0.416 e. The molecule has 0 bridgehead atoms. The Hall–Kier alpha value is -1.43. The molecule has 0 aliphatic heterocycles. The molecule has 1 fully saturated rings. The standard InChI is InChI=1S/C13H17F3N2O/c14-13(15,16)10-3-4-12(11(17)7-10)18-5-6-19-8-9-1-2-9/h3-4,7,9,18H,1-2,5-6,8,17H2. The summed E-state index contributed by atoms with van der Waals surface area (Å²) in [5.74, 6) is 0.705. The Balaban J connectivity index is 1.79. The number of nitrogens with two attached hydrogens (primary N) is 1. The van der Waals surface area contributed by atoms with E-state index in [2.05, 4.69) is 5.32 Å². The van der Waals surface area contributed by atoms with Gasteiger partial charge in [0.1, 0.15) is 0 Å². The second-order valence-electron chi connectivity index (χ2n) is 4.74. The quantitative estimate of drug-likeness (QED) is 0.619. The summed E-state index contributed by atoms with van der Waals surface area (Å²) in [4.78, 5) is 0. The van der Waals surface area contributed by atoms with Crippen LogP contribution in [0.2, 0.25) is 0 Å². The molecule has 2 rings (SSSR count). The number of nitrogens with one attached hydrogen (secondary N) is 1. The molecule has 1 aliphatic carbocycles. The van der Waals surface area contributed by atoms with Gasteiger partial charge in [-0.15, -0.1) is 0 Å². The lowest BCUT2D eigenvalue weighted by Gasteiger charge is -2.12. The van der Waals surface area contributed by atoms with Gasteiger partial charge < -0.3 is 15.8 Å². The van der Waals surface area contributed by atoms with Crippen LogP contribution in [0.25, 0.3) is 0 Å². The zero-order valence-electron chi connectivity index (χ0n) is 10.5. The van der Waals surface area contributed by atoms with Crippen LogP contribution in [-0.4, -0.2) is 19.8 Å².